The van der Waals surface area contributed by atoms with Crippen molar-refractivity contribution < 1.29 is 14.6 Å². The fraction of sp³-hybridized carbons (Fsp3) is 0.600. The van der Waals surface area contributed by atoms with E-state index < -0.39 is 5.60 Å². The molecular formula is C35H42O3. The van der Waals surface area contributed by atoms with Crippen LogP contribution in [0.5, 0.6) is 5.75 Å². The van der Waals surface area contributed by atoms with E-state index in [0.29, 0.717) is 49.4 Å². The van der Waals surface area contributed by atoms with E-state index in [1.54, 1.807) is 0 Å². The standard InChI is InChI=1S/C35H42O3/c1-3-17-35(36)18-16-32-30-14-10-26-21-28(38-20-19-37-27-11-12-27)13-15-29(26)33(30)31(22-34(32,35)2)25-8-6-24(7-9-25)23-4-5-23/h1,6-9,13,15,21,23,27,30-33,36H,4-5,10-12,14,16-20,22H2,2H3/t30-,31+,32-,33?,34-,35-/m0/s1. The lowest BCUT2D eigenvalue weighted by Crippen LogP contribution is -2.52. The summed E-state index contributed by atoms with van der Waals surface area (Å²) in [7, 11) is 0. The van der Waals surface area contributed by atoms with Gasteiger partial charge in [-0.05, 0) is 122 Å². The van der Waals surface area contributed by atoms with Gasteiger partial charge in [-0.3, -0.25) is 0 Å². The highest BCUT2D eigenvalue weighted by atomic mass is 16.5. The quantitative estimate of drug-likeness (QED) is 0.303. The maximum Gasteiger partial charge on any atom is 0.119 e. The molecule has 0 radical (unpaired) electrons. The number of terminal acetylenes is 1. The van der Waals surface area contributed by atoms with Crippen LogP contribution in [0.2, 0.25) is 0 Å². The summed E-state index contributed by atoms with van der Waals surface area (Å²) in [5.74, 6) is 6.52. The van der Waals surface area contributed by atoms with Gasteiger partial charge in [-0.25, -0.2) is 0 Å². The monoisotopic (exact) mass is 510 g/mol. The number of aryl methyl sites for hydroxylation is 1. The van der Waals surface area contributed by atoms with E-state index in [1.165, 1.54) is 54.4 Å². The van der Waals surface area contributed by atoms with Gasteiger partial charge in [0.1, 0.15) is 12.4 Å². The second kappa shape index (κ2) is 9.42. The van der Waals surface area contributed by atoms with Crippen LogP contribution in [0.1, 0.15) is 105 Å². The average Bonchev–Trinajstić information content (AvgIpc) is 3.85. The number of aliphatic hydroxyl groups is 1. The molecule has 0 bridgehead atoms. The Morgan fingerprint density at radius 3 is 2.50 bits per heavy atom. The van der Waals surface area contributed by atoms with Crippen molar-refractivity contribution in [1.29, 1.82) is 0 Å². The maximum absolute atomic E-state index is 11.9. The third-order valence-corrected chi connectivity index (χ3v) is 11.1. The third kappa shape index (κ3) is 4.20. The molecule has 7 rings (SSSR count). The van der Waals surface area contributed by atoms with E-state index in [-0.39, 0.29) is 5.41 Å². The first-order chi connectivity index (χ1) is 18.5. The van der Waals surface area contributed by atoms with Crippen molar-refractivity contribution in [2.75, 3.05) is 13.2 Å². The second-order valence-corrected chi connectivity index (χ2v) is 13.2. The van der Waals surface area contributed by atoms with Crippen LogP contribution in [0, 0.1) is 29.6 Å². The van der Waals surface area contributed by atoms with Crippen LogP contribution in [-0.4, -0.2) is 30.0 Å². The summed E-state index contributed by atoms with van der Waals surface area (Å²) in [6.45, 7) is 3.65. The summed E-state index contributed by atoms with van der Waals surface area (Å²) in [6, 6.07) is 16.4. The van der Waals surface area contributed by atoms with Crippen molar-refractivity contribution in [3.05, 3.63) is 64.7 Å². The SMILES string of the molecule is C#CC[C@]1(O)CC[C@H]2[C@@H]3CCc4cc(OCCOC5CC5)ccc4C3[C@@H](c3ccc(C4CC4)cc3)C[C@@]21C. The molecule has 38 heavy (non-hydrogen) atoms. The summed E-state index contributed by atoms with van der Waals surface area (Å²) in [5, 5.41) is 11.9. The molecule has 3 heteroatoms. The molecule has 1 N–H and O–H groups in total. The Labute approximate surface area is 228 Å². The van der Waals surface area contributed by atoms with Crippen LogP contribution in [0.3, 0.4) is 0 Å². The van der Waals surface area contributed by atoms with Crippen molar-refractivity contribution in [3.63, 3.8) is 0 Å². The van der Waals surface area contributed by atoms with Crippen LogP contribution < -0.4 is 4.74 Å². The molecule has 4 fully saturated rings. The van der Waals surface area contributed by atoms with E-state index in [2.05, 4.69) is 55.3 Å². The molecule has 0 spiro atoms. The average molecular weight is 511 g/mol. The van der Waals surface area contributed by atoms with Crippen LogP contribution in [0.25, 0.3) is 0 Å². The third-order valence-electron chi connectivity index (χ3n) is 11.1. The fourth-order valence-electron chi connectivity index (χ4n) is 8.69. The predicted molar refractivity (Wildman–Crippen MR) is 150 cm³/mol. The highest BCUT2D eigenvalue weighted by Crippen LogP contribution is 2.68. The summed E-state index contributed by atoms with van der Waals surface area (Å²) in [5.41, 5.74) is 4.98. The van der Waals surface area contributed by atoms with Crippen molar-refractivity contribution in [1.82, 2.24) is 0 Å². The maximum atomic E-state index is 11.9. The molecule has 2 aromatic rings. The lowest BCUT2D eigenvalue weighted by molar-refractivity contribution is -0.105. The predicted octanol–water partition coefficient (Wildman–Crippen LogP) is 7.13. The Bertz CT molecular complexity index is 1220. The lowest BCUT2D eigenvalue weighted by Gasteiger charge is -2.56. The molecule has 6 atom stereocenters. The van der Waals surface area contributed by atoms with Crippen molar-refractivity contribution >= 4 is 0 Å². The van der Waals surface area contributed by atoms with Gasteiger partial charge >= 0.3 is 0 Å². The van der Waals surface area contributed by atoms with E-state index >= 15 is 0 Å². The zero-order valence-corrected chi connectivity index (χ0v) is 22.8. The van der Waals surface area contributed by atoms with Gasteiger partial charge in [-0.1, -0.05) is 37.3 Å². The first-order valence-corrected chi connectivity index (χ1v) is 15.1. The Morgan fingerprint density at radius 2 is 1.76 bits per heavy atom. The Morgan fingerprint density at radius 1 is 0.974 bits per heavy atom. The van der Waals surface area contributed by atoms with E-state index in [1.807, 2.05) is 0 Å². The Hall–Kier alpha value is -2.28. The van der Waals surface area contributed by atoms with Crippen LogP contribution in [0.15, 0.2) is 42.5 Å². The Kier molecular flexibility index (Phi) is 6.14. The largest absolute Gasteiger partial charge is 0.491 e. The lowest BCUT2D eigenvalue weighted by atomic mass is 9.49. The minimum atomic E-state index is -0.760. The molecule has 0 heterocycles. The summed E-state index contributed by atoms with van der Waals surface area (Å²) in [6.07, 6.45) is 17.0. The van der Waals surface area contributed by atoms with Gasteiger partial charge in [0.05, 0.1) is 18.3 Å². The zero-order valence-electron chi connectivity index (χ0n) is 22.8. The smallest absolute Gasteiger partial charge is 0.119 e. The van der Waals surface area contributed by atoms with E-state index in [4.69, 9.17) is 15.9 Å². The Balaban J connectivity index is 1.21. The number of hydrogen-bond acceptors (Lipinski definition) is 3. The molecule has 0 aliphatic heterocycles. The van der Waals surface area contributed by atoms with Gasteiger partial charge < -0.3 is 14.6 Å². The molecule has 0 saturated heterocycles. The molecule has 0 amide bonds. The molecule has 200 valence electrons. The number of hydrogen-bond donors (Lipinski definition) is 1. The number of rotatable bonds is 8. The van der Waals surface area contributed by atoms with Crippen LogP contribution in [-0.2, 0) is 11.2 Å². The van der Waals surface area contributed by atoms with E-state index in [9.17, 15) is 5.11 Å². The van der Waals surface area contributed by atoms with Crippen molar-refractivity contribution in [2.45, 2.75) is 101 Å². The summed E-state index contributed by atoms with van der Waals surface area (Å²) >= 11 is 0. The van der Waals surface area contributed by atoms with Gasteiger partial charge in [0.2, 0.25) is 0 Å². The van der Waals surface area contributed by atoms with Crippen molar-refractivity contribution in [3.8, 4) is 18.1 Å². The number of benzene rings is 2. The van der Waals surface area contributed by atoms with Gasteiger partial charge in [0.15, 0.2) is 0 Å². The van der Waals surface area contributed by atoms with Gasteiger partial charge in [0.25, 0.3) is 0 Å². The molecule has 5 aliphatic carbocycles. The number of ether oxygens (including phenoxy) is 2. The first kappa shape index (κ1) is 24.7. The zero-order chi connectivity index (χ0) is 25.9. The first-order valence-electron chi connectivity index (χ1n) is 15.1. The highest BCUT2D eigenvalue weighted by molar-refractivity contribution is 5.44. The number of fused-ring (bicyclic) bond motifs is 5. The molecule has 4 saturated carbocycles. The molecule has 2 aromatic carbocycles. The van der Waals surface area contributed by atoms with Crippen LogP contribution in [0.4, 0.5) is 0 Å². The van der Waals surface area contributed by atoms with Gasteiger partial charge in [-0.2, -0.15) is 0 Å². The normalized spacial score (nSPS) is 35.6. The van der Waals surface area contributed by atoms with E-state index in [0.717, 1.165) is 37.4 Å². The fourth-order valence-corrected chi connectivity index (χ4v) is 8.69. The van der Waals surface area contributed by atoms with Crippen molar-refractivity contribution in [2.24, 2.45) is 17.3 Å². The summed E-state index contributed by atoms with van der Waals surface area (Å²) < 4.78 is 11.9. The molecule has 1 unspecified atom stereocenters. The second-order valence-electron chi connectivity index (χ2n) is 13.2. The minimum absolute atomic E-state index is 0.150. The molecule has 3 nitrogen and oxygen atoms in total. The highest BCUT2D eigenvalue weighted by Gasteiger charge is 2.63. The molecular weight excluding hydrogens is 468 g/mol. The van der Waals surface area contributed by atoms with Gasteiger partial charge in [-0.15, -0.1) is 12.3 Å². The van der Waals surface area contributed by atoms with Crippen LogP contribution >= 0.6 is 0 Å². The topological polar surface area (TPSA) is 38.7 Å². The molecule has 0 aromatic heterocycles. The van der Waals surface area contributed by atoms with Gasteiger partial charge in [0, 0.05) is 11.8 Å². The molecule has 5 aliphatic rings. The minimum Gasteiger partial charge on any atom is -0.491 e. The summed E-state index contributed by atoms with van der Waals surface area (Å²) in [4.78, 5) is 0.